The minimum atomic E-state index is -0.481. The summed E-state index contributed by atoms with van der Waals surface area (Å²) in [4.78, 5) is 16.9. The number of nitrogens with one attached hydrogen (secondary N) is 1. The number of anilines is 1. The molecule has 1 aliphatic carbocycles. The average molecular weight is 476 g/mol. The molecule has 1 aliphatic heterocycles. The van der Waals surface area contributed by atoms with E-state index >= 15 is 0 Å². The van der Waals surface area contributed by atoms with Gasteiger partial charge >= 0.3 is 6.03 Å². The van der Waals surface area contributed by atoms with Crippen molar-refractivity contribution < 1.29 is 13.6 Å². The second kappa shape index (κ2) is 8.40. The molecule has 4 aromatic rings. The van der Waals surface area contributed by atoms with Crippen molar-refractivity contribution in [3.8, 4) is 5.00 Å². The minimum Gasteiger partial charge on any atom is -0.310 e. The molecule has 2 aromatic carbocycles. The van der Waals surface area contributed by atoms with Gasteiger partial charge < -0.3 is 14.8 Å². The molecule has 0 fully saturated rings. The minimum absolute atomic E-state index is 0.308. The van der Waals surface area contributed by atoms with Crippen LogP contribution in [0.3, 0.4) is 0 Å². The van der Waals surface area contributed by atoms with Gasteiger partial charge in [0.2, 0.25) is 0 Å². The summed E-state index contributed by atoms with van der Waals surface area (Å²) in [5, 5.41) is 4.07. The van der Waals surface area contributed by atoms with Gasteiger partial charge in [0.1, 0.15) is 16.6 Å². The SMILES string of the molecule is O=C(Nc1ccc(F)cc1)N1Cc2c(sc3c2CCCC3)-n2cccc2[C@@H]1c1cccc(F)c1. The second-order valence-corrected chi connectivity index (χ2v) is 9.90. The molecule has 0 spiro atoms. The zero-order valence-electron chi connectivity index (χ0n) is 18.4. The standard InChI is InChI=1S/C27H23F2N3OS/c28-18-10-12-20(13-11-18)30-27(33)32-16-22-21-7-1-2-9-24(21)34-26(22)31-14-4-8-23(31)25(32)17-5-3-6-19(29)15-17/h3-6,8,10-15,25H,1-2,7,9,16H2,(H,30,33)/t25-/m0/s1. The Morgan fingerprint density at radius 2 is 1.76 bits per heavy atom. The van der Waals surface area contributed by atoms with Gasteiger partial charge in [-0.2, -0.15) is 0 Å². The highest BCUT2D eigenvalue weighted by Crippen LogP contribution is 2.44. The molecule has 6 rings (SSSR count). The first-order valence-electron chi connectivity index (χ1n) is 11.5. The summed E-state index contributed by atoms with van der Waals surface area (Å²) in [5.41, 5.74) is 4.66. The third-order valence-corrected chi connectivity index (χ3v) is 8.03. The van der Waals surface area contributed by atoms with Crippen molar-refractivity contribution in [1.29, 1.82) is 0 Å². The molecule has 0 bridgehead atoms. The van der Waals surface area contributed by atoms with Crippen molar-refractivity contribution in [1.82, 2.24) is 9.47 Å². The van der Waals surface area contributed by atoms with Crippen LogP contribution in [0.15, 0.2) is 66.9 Å². The van der Waals surface area contributed by atoms with Crippen LogP contribution in [0.4, 0.5) is 19.3 Å². The molecule has 2 amide bonds. The molecule has 1 atom stereocenters. The molecule has 2 aromatic heterocycles. The highest BCUT2D eigenvalue weighted by atomic mass is 32.1. The van der Waals surface area contributed by atoms with Gasteiger partial charge in [-0.1, -0.05) is 12.1 Å². The quantitative estimate of drug-likeness (QED) is 0.339. The molecule has 1 N–H and O–H groups in total. The number of nitrogens with zero attached hydrogens (tertiary/aromatic N) is 2. The van der Waals surface area contributed by atoms with Gasteiger partial charge in [0.25, 0.3) is 0 Å². The van der Waals surface area contributed by atoms with Crippen molar-refractivity contribution in [3.63, 3.8) is 0 Å². The molecule has 2 aliphatic rings. The maximum Gasteiger partial charge on any atom is 0.322 e. The van der Waals surface area contributed by atoms with Crippen LogP contribution in [-0.4, -0.2) is 15.5 Å². The van der Waals surface area contributed by atoms with Crippen LogP contribution in [0.2, 0.25) is 0 Å². The van der Waals surface area contributed by atoms with Crippen LogP contribution in [0, 0.1) is 11.6 Å². The molecular weight excluding hydrogens is 452 g/mol. The van der Waals surface area contributed by atoms with Crippen LogP contribution in [0.5, 0.6) is 0 Å². The molecule has 0 saturated heterocycles. The number of carbonyl (C=O) groups is 1. The van der Waals surface area contributed by atoms with E-state index in [-0.39, 0.29) is 17.7 Å². The fourth-order valence-corrected chi connectivity index (χ4v) is 6.55. The zero-order valence-corrected chi connectivity index (χ0v) is 19.2. The number of thiophene rings is 1. The molecule has 0 saturated carbocycles. The lowest BCUT2D eigenvalue weighted by atomic mass is 9.95. The summed E-state index contributed by atoms with van der Waals surface area (Å²) in [6.45, 7) is 0.414. The Labute approximate surface area is 200 Å². The first-order valence-corrected chi connectivity index (χ1v) is 12.3. The van der Waals surface area contributed by atoms with Gasteiger partial charge in [-0.05, 0) is 85.3 Å². The van der Waals surface area contributed by atoms with E-state index in [2.05, 4.69) is 9.88 Å². The van der Waals surface area contributed by atoms with E-state index in [4.69, 9.17) is 0 Å². The average Bonchev–Trinajstić information content (AvgIpc) is 3.42. The highest BCUT2D eigenvalue weighted by Gasteiger charge is 2.36. The highest BCUT2D eigenvalue weighted by molar-refractivity contribution is 7.15. The van der Waals surface area contributed by atoms with Crippen LogP contribution in [0.1, 0.15) is 46.1 Å². The first kappa shape index (κ1) is 21.1. The normalized spacial score (nSPS) is 16.9. The molecule has 0 unspecified atom stereocenters. The summed E-state index contributed by atoms with van der Waals surface area (Å²) in [5.74, 6) is -0.705. The smallest absolute Gasteiger partial charge is 0.310 e. The monoisotopic (exact) mass is 475 g/mol. The van der Waals surface area contributed by atoms with Crippen molar-refractivity contribution >= 4 is 23.1 Å². The van der Waals surface area contributed by atoms with Crippen molar-refractivity contribution in [2.45, 2.75) is 38.3 Å². The Morgan fingerprint density at radius 3 is 2.59 bits per heavy atom. The number of amides is 2. The van der Waals surface area contributed by atoms with Crippen molar-refractivity contribution in [2.24, 2.45) is 0 Å². The van der Waals surface area contributed by atoms with Gasteiger partial charge in [0, 0.05) is 22.3 Å². The molecule has 0 radical (unpaired) electrons. The van der Waals surface area contributed by atoms with E-state index in [9.17, 15) is 13.6 Å². The van der Waals surface area contributed by atoms with Gasteiger partial charge in [-0.3, -0.25) is 0 Å². The second-order valence-electron chi connectivity index (χ2n) is 8.82. The number of aromatic nitrogens is 1. The predicted molar refractivity (Wildman–Crippen MR) is 129 cm³/mol. The van der Waals surface area contributed by atoms with Crippen molar-refractivity contribution in [3.05, 3.63) is 106 Å². The number of aryl methyl sites for hydroxylation is 1. The van der Waals surface area contributed by atoms with E-state index in [1.54, 1.807) is 34.4 Å². The maximum absolute atomic E-state index is 14.3. The lowest BCUT2D eigenvalue weighted by Crippen LogP contribution is -2.38. The van der Waals surface area contributed by atoms with Gasteiger partial charge in [-0.25, -0.2) is 13.6 Å². The van der Waals surface area contributed by atoms with E-state index in [1.165, 1.54) is 46.7 Å². The number of hydrogen-bond donors (Lipinski definition) is 1. The Kier molecular flexibility index (Phi) is 5.21. The van der Waals surface area contributed by atoms with E-state index in [1.807, 2.05) is 24.4 Å². The van der Waals surface area contributed by atoms with Crippen LogP contribution in [0.25, 0.3) is 5.00 Å². The zero-order chi connectivity index (χ0) is 23.2. The third-order valence-electron chi connectivity index (χ3n) is 6.70. The third kappa shape index (κ3) is 3.60. The lowest BCUT2D eigenvalue weighted by molar-refractivity contribution is 0.194. The van der Waals surface area contributed by atoms with Crippen LogP contribution < -0.4 is 5.32 Å². The molecular formula is C27H23F2N3OS. The lowest BCUT2D eigenvalue weighted by Gasteiger charge is -2.31. The summed E-state index contributed by atoms with van der Waals surface area (Å²) in [7, 11) is 0. The molecule has 172 valence electrons. The molecule has 3 heterocycles. The number of hydrogen-bond acceptors (Lipinski definition) is 2. The summed E-state index contributed by atoms with van der Waals surface area (Å²) in [6, 6.07) is 15.4. The number of urea groups is 1. The summed E-state index contributed by atoms with van der Waals surface area (Å²) < 4.78 is 29.9. The Hall–Kier alpha value is -3.45. The predicted octanol–water partition coefficient (Wildman–Crippen LogP) is 6.83. The largest absolute Gasteiger partial charge is 0.322 e. The van der Waals surface area contributed by atoms with Crippen LogP contribution >= 0.6 is 11.3 Å². The number of halogens is 2. The van der Waals surface area contributed by atoms with Crippen LogP contribution in [-0.2, 0) is 19.4 Å². The molecule has 34 heavy (non-hydrogen) atoms. The van der Waals surface area contributed by atoms with E-state index in [0.717, 1.165) is 30.0 Å². The Balaban J connectivity index is 1.50. The van der Waals surface area contributed by atoms with Gasteiger partial charge in [-0.15, -0.1) is 11.3 Å². The summed E-state index contributed by atoms with van der Waals surface area (Å²) >= 11 is 1.81. The topological polar surface area (TPSA) is 37.3 Å². The summed E-state index contributed by atoms with van der Waals surface area (Å²) in [6.07, 6.45) is 6.44. The Bertz CT molecular complexity index is 1380. The molecule has 7 heteroatoms. The number of fused-ring (bicyclic) bond motifs is 5. The van der Waals surface area contributed by atoms with E-state index in [0.29, 0.717) is 17.8 Å². The van der Waals surface area contributed by atoms with E-state index < -0.39 is 6.04 Å². The van der Waals surface area contributed by atoms with Gasteiger partial charge in [0.15, 0.2) is 0 Å². The fraction of sp³-hybridized carbons (Fsp3) is 0.222. The first-order chi connectivity index (χ1) is 16.6. The number of rotatable bonds is 2. The molecule has 4 nitrogen and oxygen atoms in total. The number of carbonyl (C=O) groups excluding carboxylic acids is 1. The number of benzene rings is 2. The van der Waals surface area contributed by atoms with Gasteiger partial charge in [0.05, 0.1) is 18.3 Å². The Morgan fingerprint density at radius 1 is 0.941 bits per heavy atom. The fourth-order valence-electron chi connectivity index (χ4n) is 5.14. The maximum atomic E-state index is 14.3. The van der Waals surface area contributed by atoms with Crippen molar-refractivity contribution in [2.75, 3.05) is 5.32 Å².